The number of pyridine rings is 1. The summed E-state index contributed by atoms with van der Waals surface area (Å²) in [5.74, 6) is 0.857. The van der Waals surface area contributed by atoms with Gasteiger partial charge < -0.3 is 19.3 Å². The lowest BCUT2D eigenvalue weighted by Crippen LogP contribution is -2.21. The molecule has 4 aromatic carbocycles. The Morgan fingerprint density at radius 1 is 0.755 bits per heavy atom. The molecular formula is C42H42N4O3. The fourth-order valence-electron chi connectivity index (χ4n) is 7.73. The van der Waals surface area contributed by atoms with Crippen molar-refractivity contribution in [2.45, 2.75) is 57.4 Å². The van der Waals surface area contributed by atoms with Gasteiger partial charge in [-0.1, -0.05) is 61.7 Å². The molecule has 1 N–H and O–H groups in total. The molecule has 8 rings (SSSR count). The topological polar surface area (TPSA) is 80.5 Å². The summed E-state index contributed by atoms with van der Waals surface area (Å²) in [6.07, 6.45) is 9.55. The Kier molecular flexibility index (Phi) is 8.84. The van der Waals surface area contributed by atoms with Crippen LogP contribution in [0.15, 0.2) is 97.1 Å². The van der Waals surface area contributed by atoms with E-state index < -0.39 is 5.97 Å². The maximum absolute atomic E-state index is 11.7. The van der Waals surface area contributed by atoms with Crippen LogP contribution in [0.5, 0.6) is 5.75 Å². The number of nitrogens with zero attached hydrogens (tertiary/aromatic N) is 4. The van der Waals surface area contributed by atoms with Gasteiger partial charge in [0.15, 0.2) is 0 Å². The summed E-state index contributed by atoms with van der Waals surface area (Å²) in [5, 5.41) is 10.7. The molecule has 248 valence electrons. The van der Waals surface area contributed by atoms with Gasteiger partial charge in [0, 0.05) is 29.1 Å². The minimum Gasteiger partial charge on any atom is -0.494 e. The predicted molar refractivity (Wildman–Crippen MR) is 196 cm³/mol. The Balaban J connectivity index is 1.06. The van der Waals surface area contributed by atoms with Gasteiger partial charge in [0.05, 0.1) is 34.4 Å². The van der Waals surface area contributed by atoms with Crippen LogP contribution in [0.3, 0.4) is 0 Å². The van der Waals surface area contributed by atoms with Crippen molar-refractivity contribution in [1.29, 1.82) is 0 Å². The molecule has 0 unspecified atom stereocenters. The zero-order valence-electron chi connectivity index (χ0n) is 27.9. The first-order chi connectivity index (χ1) is 24.1. The lowest BCUT2D eigenvalue weighted by atomic mass is 9.94. The number of imidazole rings is 1. The van der Waals surface area contributed by atoms with Gasteiger partial charge in [-0.15, -0.1) is 0 Å². The molecule has 0 amide bonds. The number of aromatic carboxylic acids is 1. The van der Waals surface area contributed by atoms with Crippen molar-refractivity contribution in [1.82, 2.24) is 19.4 Å². The van der Waals surface area contributed by atoms with E-state index in [-0.39, 0.29) is 5.56 Å². The van der Waals surface area contributed by atoms with Gasteiger partial charge in [-0.2, -0.15) is 0 Å². The largest absolute Gasteiger partial charge is 0.494 e. The quantitative estimate of drug-likeness (QED) is 0.149. The monoisotopic (exact) mass is 650 g/mol. The Hall–Kier alpha value is -5.01. The molecule has 2 fully saturated rings. The number of hydrogen-bond acceptors (Lipinski definition) is 5. The molecule has 7 heteroatoms. The molecule has 1 saturated heterocycles. The molecule has 6 aromatic rings. The van der Waals surface area contributed by atoms with E-state index in [2.05, 4.69) is 88.3 Å². The lowest BCUT2D eigenvalue weighted by molar-refractivity contribution is 0.0697. The number of ether oxygens (including phenoxy) is 1. The van der Waals surface area contributed by atoms with Crippen molar-refractivity contribution < 1.29 is 14.6 Å². The normalized spacial score (nSPS) is 15.7. The highest BCUT2D eigenvalue weighted by Crippen LogP contribution is 2.38. The zero-order chi connectivity index (χ0) is 33.2. The molecule has 1 aliphatic heterocycles. The van der Waals surface area contributed by atoms with E-state index in [1.807, 2.05) is 6.07 Å². The maximum Gasteiger partial charge on any atom is 0.335 e. The number of aromatic nitrogens is 3. The first-order valence-electron chi connectivity index (χ1n) is 17.8. The summed E-state index contributed by atoms with van der Waals surface area (Å²) in [6.45, 7) is 4.30. The Bertz CT molecular complexity index is 2110. The van der Waals surface area contributed by atoms with Gasteiger partial charge in [-0.05, 0) is 111 Å². The fraction of sp³-hybridized carbons (Fsp3) is 0.310. The van der Waals surface area contributed by atoms with E-state index in [1.54, 1.807) is 12.1 Å². The van der Waals surface area contributed by atoms with Gasteiger partial charge in [0.1, 0.15) is 11.6 Å². The molecule has 2 aliphatic rings. The molecule has 3 heterocycles. The average Bonchev–Trinajstić information content (AvgIpc) is 3.82. The molecule has 0 radical (unpaired) electrons. The molecule has 7 nitrogen and oxygen atoms in total. The number of carboxylic acids is 1. The third-order valence-corrected chi connectivity index (χ3v) is 10.3. The van der Waals surface area contributed by atoms with E-state index >= 15 is 0 Å². The van der Waals surface area contributed by atoms with Crippen molar-refractivity contribution in [2.75, 3.05) is 26.2 Å². The summed E-state index contributed by atoms with van der Waals surface area (Å²) in [7, 11) is 0. The third-order valence-electron chi connectivity index (χ3n) is 10.3. The second kappa shape index (κ2) is 13.8. The zero-order valence-corrected chi connectivity index (χ0v) is 27.9. The van der Waals surface area contributed by atoms with Crippen LogP contribution in [0.1, 0.15) is 67.8 Å². The highest BCUT2D eigenvalue weighted by molar-refractivity contribution is 5.94. The number of fused-ring (bicyclic) bond motifs is 2. The second-order valence-corrected chi connectivity index (χ2v) is 13.5. The summed E-state index contributed by atoms with van der Waals surface area (Å²) >= 11 is 0. The third kappa shape index (κ3) is 6.55. The minimum absolute atomic E-state index is 0.260. The molecule has 1 aliphatic carbocycles. The van der Waals surface area contributed by atoms with E-state index in [0.717, 1.165) is 93.9 Å². The van der Waals surface area contributed by atoms with Gasteiger partial charge in [-0.3, -0.25) is 0 Å². The van der Waals surface area contributed by atoms with Crippen LogP contribution in [-0.4, -0.2) is 56.8 Å². The van der Waals surface area contributed by atoms with E-state index in [1.165, 1.54) is 45.2 Å². The standard InChI is InChI=1S/C42H42N4O3/c47-42(48)32-17-22-40-39(28-32)44-41(46(40)33-9-2-1-3-10-33)31-16-20-37-30(27-31)15-21-38(43-37)36-12-5-4-11-35(36)29-13-18-34(19-14-29)49-26-8-25-45-23-6-7-24-45/h4-5,11-22,27-28,33H,1-3,6-10,23-26H2,(H,47,48). The summed E-state index contributed by atoms with van der Waals surface area (Å²) in [6, 6.07) is 33.1. The first-order valence-corrected chi connectivity index (χ1v) is 17.8. The first kappa shape index (κ1) is 31.3. The fourth-order valence-corrected chi connectivity index (χ4v) is 7.73. The summed E-state index contributed by atoms with van der Waals surface area (Å²) in [4.78, 5) is 24.4. The molecule has 1 saturated carbocycles. The maximum atomic E-state index is 11.7. The van der Waals surface area contributed by atoms with Crippen molar-refractivity contribution >= 4 is 27.9 Å². The van der Waals surface area contributed by atoms with Gasteiger partial charge in [0.25, 0.3) is 0 Å². The van der Waals surface area contributed by atoms with Crippen LogP contribution >= 0.6 is 0 Å². The van der Waals surface area contributed by atoms with Crippen molar-refractivity contribution in [3.05, 3.63) is 103 Å². The summed E-state index contributed by atoms with van der Waals surface area (Å²) in [5.41, 5.74) is 8.18. The van der Waals surface area contributed by atoms with Gasteiger partial charge in [-0.25, -0.2) is 14.8 Å². The van der Waals surface area contributed by atoms with Crippen LogP contribution in [0.25, 0.3) is 55.7 Å². The van der Waals surface area contributed by atoms with Gasteiger partial charge >= 0.3 is 5.97 Å². The number of carbonyl (C=O) groups is 1. The summed E-state index contributed by atoms with van der Waals surface area (Å²) < 4.78 is 8.42. The Morgan fingerprint density at radius 3 is 2.33 bits per heavy atom. The average molecular weight is 651 g/mol. The van der Waals surface area contributed by atoms with E-state index in [0.29, 0.717) is 6.04 Å². The SMILES string of the molecule is O=C(O)c1ccc2c(c1)nc(-c1ccc3nc(-c4ccccc4-c4ccc(OCCCN5CCCC5)cc4)ccc3c1)n2C1CCCCC1. The number of hydrogen-bond donors (Lipinski definition) is 1. The number of rotatable bonds is 10. The number of likely N-dealkylation sites (tertiary alicyclic amines) is 1. The van der Waals surface area contributed by atoms with Crippen molar-refractivity contribution in [2.24, 2.45) is 0 Å². The van der Waals surface area contributed by atoms with Gasteiger partial charge in [0.2, 0.25) is 0 Å². The molecule has 0 bridgehead atoms. The highest BCUT2D eigenvalue weighted by Gasteiger charge is 2.23. The molecule has 0 spiro atoms. The molecular weight excluding hydrogens is 608 g/mol. The van der Waals surface area contributed by atoms with Crippen LogP contribution < -0.4 is 4.74 Å². The van der Waals surface area contributed by atoms with Crippen molar-refractivity contribution in [3.63, 3.8) is 0 Å². The van der Waals surface area contributed by atoms with E-state index in [4.69, 9.17) is 14.7 Å². The second-order valence-electron chi connectivity index (χ2n) is 13.5. The molecule has 49 heavy (non-hydrogen) atoms. The van der Waals surface area contributed by atoms with Crippen LogP contribution in [0.4, 0.5) is 0 Å². The Labute approximate surface area is 287 Å². The highest BCUT2D eigenvalue weighted by atomic mass is 16.5. The predicted octanol–water partition coefficient (Wildman–Crippen LogP) is 9.65. The minimum atomic E-state index is -0.936. The van der Waals surface area contributed by atoms with Crippen LogP contribution in [0.2, 0.25) is 0 Å². The smallest absolute Gasteiger partial charge is 0.335 e. The van der Waals surface area contributed by atoms with E-state index in [9.17, 15) is 9.90 Å². The Morgan fingerprint density at radius 2 is 1.53 bits per heavy atom. The molecule has 0 atom stereocenters. The van der Waals surface area contributed by atoms with Crippen LogP contribution in [-0.2, 0) is 0 Å². The number of benzene rings is 4. The van der Waals surface area contributed by atoms with Crippen LogP contribution in [0, 0.1) is 0 Å². The number of carboxylic acid groups (broad SMARTS) is 1. The lowest BCUT2D eigenvalue weighted by Gasteiger charge is -2.25. The van der Waals surface area contributed by atoms with Crippen molar-refractivity contribution in [3.8, 4) is 39.5 Å². The molecule has 2 aromatic heterocycles.